The number of carbonyl (C=O) groups is 1. The Kier molecular flexibility index (Phi) is 5.42. The van der Waals surface area contributed by atoms with Crippen molar-refractivity contribution in [1.29, 1.82) is 5.26 Å². The molecule has 0 unspecified atom stereocenters. The summed E-state index contributed by atoms with van der Waals surface area (Å²) in [5.41, 5.74) is 3.67. The van der Waals surface area contributed by atoms with Gasteiger partial charge in [0.25, 0.3) is 0 Å². The molecule has 7 heteroatoms. The summed E-state index contributed by atoms with van der Waals surface area (Å²) in [5.74, 6) is 0.500. The number of thioether (sulfide) groups is 1. The standard InChI is InChI=1S/C21H17BrClN3OS/c1-13-18(23)6-3-7-19(13)25-11-26-20(27)9-16(14-4-2-5-15(22)8-14)17(10-24)21(26)28-12-25/h2-8,16H,9,11-12H2,1H3/t16-/m1/s1. The predicted molar refractivity (Wildman–Crippen MR) is 117 cm³/mol. The average molecular weight is 475 g/mol. The van der Waals surface area contributed by atoms with E-state index in [-0.39, 0.29) is 11.8 Å². The molecule has 0 spiro atoms. The van der Waals surface area contributed by atoms with Crippen LogP contribution in [0.1, 0.15) is 23.5 Å². The van der Waals surface area contributed by atoms with Gasteiger partial charge in [-0.25, -0.2) is 0 Å². The molecule has 1 saturated heterocycles. The first-order valence-corrected chi connectivity index (χ1v) is 11.0. The summed E-state index contributed by atoms with van der Waals surface area (Å²) in [7, 11) is 0. The van der Waals surface area contributed by atoms with Gasteiger partial charge in [-0.15, -0.1) is 0 Å². The molecule has 2 aromatic rings. The van der Waals surface area contributed by atoms with Crippen molar-refractivity contribution >= 4 is 50.9 Å². The van der Waals surface area contributed by atoms with E-state index in [1.807, 2.05) is 49.4 Å². The lowest BCUT2D eigenvalue weighted by atomic mass is 9.86. The fourth-order valence-corrected chi connectivity index (χ4v) is 5.41. The van der Waals surface area contributed by atoms with Crippen LogP contribution in [0.25, 0.3) is 0 Å². The molecule has 142 valence electrons. The van der Waals surface area contributed by atoms with Crippen LogP contribution in [0.4, 0.5) is 5.69 Å². The number of benzene rings is 2. The summed E-state index contributed by atoms with van der Waals surface area (Å²) in [6.45, 7) is 2.41. The van der Waals surface area contributed by atoms with Crippen molar-refractivity contribution in [2.45, 2.75) is 19.3 Å². The van der Waals surface area contributed by atoms with Gasteiger partial charge in [-0.3, -0.25) is 9.69 Å². The fraction of sp³-hybridized carbons (Fsp3) is 0.238. The number of fused-ring (bicyclic) bond motifs is 1. The van der Waals surface area contributed by atoms with E-state index in [4.69, 9.17) is 11.6 Å². The van der Waals surface area contributed by atoms with Crippen molar-refractivity contribution in [1.82, 2.24) is 4.90 Å². The minimum absolute atomic E-state index is 0.0378. The van der Waals surface area contributed by atoms with Gasteiger partial charge in [-0.05, 0) is 42.3 Å². The summed E-state index contributed by atoms with van der Waals surface area (Å²) in [4.78, 5) is 16.9. The molecular weight excluding hydrogens is 458 g/mol. The van der Waals surface area contributed by atoms with Crippen LogP contribution in [-0.2, 0) is 4.79 Å². The van der Waals surface area contributed by atoms with Crippen LogP contribution in [0.15, 0.2) is 57.5 Å². The number of anilines is 1. The molecule has 1 amide bonds. The number of carbonyl (C=O) groups excluding carboxylic acids is 1. The van der Waals surface area contributed by atoms with Gasteiger partial charge < -0.3 is 4.90 Å². The molecule has 2 heterocycles. The zero-order valence-electron chi connectivity index (χ0n) is 15.2. The van der Waals surface area contributed by atoms with Crippen molar-refractivity contribution in [3.8, 4) is 6.07 Å². The van der Waals surface area contributed by atoms with E-state index in [0.717, 1.165) is 26.3 Å². The maximum absolute atomic E-state index is 13.0. The Morgan fingerprint density at radius 1 is 1.29 bits per heavy atom. The normalized spacial score (nSPS) is 19.5. The zero-order chi connectivity index (χ0) is 19.8. The largest absolute Gasteiger partial charge is 0.343 e. The lowest BCUT2D eigenvalue weighted by Crippen LogP contribution is -2.47. The van der Waals surface area contributed by atoms with Gasteiger partial charge >= 0.3 is 0 Å². The lowest BCUT2D eigenvalue weighted by molar-refractivity contribution is -0.129. The van der Waals surface area contributed by atoms with E-state index in [9.17, 15) is 10.1 Å². The Bertz CT molecular complexity index is 1030. The second-order valence-corrected chi connectivity index (χ2v) is 9.06. The van der Waals surface area contributed by atoms with Crippen molar-refractivity contribution in [2.24, 2.45) is 0 Å². The highest BCUT2D eigenvalue weighted by Gasteiger charge is 2.38. The summed E-state index contributed by atoms with van der Waals surface area (Å²) in [5, 5.41) is 11.4. The van der Waals surface area contributed by atoms with E-state index >= 15 is 0 Å². The smallest absolute Gasteiger partial charge is 0.229 e. The molecule has 2 aliphatic rings. The third kappa shape index (κ3) is 3.43. The maximum atomic E-state index is 13.0. The predicted octanol–water partition coefficient (Wildman–Crippen LogP) is 5.63. The number of nitrogens with zero attached hydrogens (tertiary/aromatic N) is 3. The summed E-state index contributed by atoms with van der Waals surface area (Å²) in [6, 6.07) is 16.0. The number of rotatable bonds is 2. The molecule has 0 radical (unpaired) electrons. The van der Waals surface area contributed by atoms with Crippen LogP contribution in [0, 0.1) is 18.3 Å². The summed E-state index contributed by atoms with van der Waals surface area (Å²) >= 11 is 11.3. The first kappa shape index (κ1) is 19.4. The van der Waals surface area contributed by atoms with Gasteiger partial charge in [-0.2, -0.15) is 5.26 Å². The third-order valence-corrected chi connectivity index (χ3v) is 7.18. The van der Waals surface area contributed by atoms with E-state index in [0.29, 0.717) is 29.6 Å². The maximum Gasteiger partial charge on any atom is 0.229 e. The van der Waals surface area contributed by atoms with Crippen LogP contribution in [0.2, 0.25) is 5.02 Å². The summed E-state index contributed by atoms with van der Waals surface area (Å²) in [6.07, 6.45) is 0.297. The third-order valence-electron chi connectivity index (χ3n) is 5.12. The fourth-order valence-electron chi connectivity index (χ4n) is 3.66. The number of halogens is 2. The first-order valence-electron chi connectivity index (χ1n) is 8.82. The quantitative estimate of drug-likeness (QED) is 0.566. The molecule has 0 aromatic heterocycles. The highest BCUT2D eigenvalue weighted by atomic mass is 79.9. The number of hydrogen-bond donors (Lipinski definition) is 0. The Hall–Kier alpha value is -1.94. The van der Waals surface area contributed by atoms with Crippen LogP contribution >= 0.6 is 39.3 Å². The highest BCUT2D eigenvalue weighted by Crippen LogP contribution is 2.44. The topological polar surface area (TPSA) is 47.3 Å². The van der Waals surface area contributed by atoms with Crippen molar-refractivity contribution in [3.05, 3.63) is 73.7 Å². The minimum Gasteiger partial charge on any atom is -0.343 e. The highest BCUT2D eigenvalue weighted by molar-refractivity contribution is 9.10. The molecule has 0 bridgehead atoms. The van der Waals surface area contributed by atoms with Crippen LogP contribution in [0.3, 0.4) is 0 Å². The molecule has 4 rings (SSSR count). The van der Waals surface area contributed by atoms with E-state index in [1.54, 1.807) is 4.90 Å². The molecule has 1 atom stereocenters. The number of allylic oxidation sites excluding steroid dienone is 1. The lowest BCUT2D eigenvalue weighted by Gasteiger charge is -2.42. The molecule has 0 aliphatic carbocycles. The number of nitriles is 1. The molecule has 28 heavy (non-hydrogen) atoms. The van der Waals surface area contributed by atoms with E-state index < -0.39 is 0 Å². The van der Waals surface area contributed by atoms with E-state index in [2.05, 4.69) is 26.9 Å². The van der Waals surface area contributed by atoms with Gasteiger partial charge in [-0.1, -0.05) is 57.5 Å². The van der Waals surface area contributed by atoms with Crippen LogP contribution in [-0.4, -0.2) is 23.4 Å². The van der Waals surface area contributed by atoms with Crippen LogP contribution < -0.4 is 4.90 Å². The van der Waals surface area contributed by atoms with E-state index in [1.165, 1.54) is 11.8 Å². The SMILES string of the molecule is Cc1c(Cl)cccc1N1CSC2=C(C#N)[C@@H](c3cccc(Br)c3)CC(=O)N2C1. The average Bonchev–Trinajstić information content (AvgIpc) is 2.70. The van der Waals surface area contributed by atoms with Gasteiger partial charge in [0.1, 0.15) is 0 Å². The summed E-state index contributed by atoms with van der Waals surface area (Å²) < 4.78 is 0.945. The first-order chi connectivity index (χ1) is 13.5. The zero-order valence-corrected chi connectivity index (χ0v) is 18.3. The second-order valence-electron chi connectivity index (χ2n) is 6.80. The van der Waals surface area contributed by atoms with Gasteiger partial charge in [0.05, 0.1) is 29.2 Å². The minimum atomic E-state index is -0.201. The molecule has 4 nitrogen and oxygen atoms in total. The van der Waals surface area contributed by atoms with Crippen molar-refractivity contribution < 1.29 is 4.79 Å². The molecule has 2 aliphatic heterocycles. The van der Waals surface area contributed by atoms with Crippen molar-refractivity contribution in [3.63, 3.8) is 0 Å². The van der Waals surface area contributed by atoms with Gasteiger partial charge in [0, 0.05) is 27.5 Å². The van der Waals surface area contributed by atoms with Crippen LogP contribution in [0.5, 0.6) is 0 Å². The van der Waals surface area contributed by atoms with Gasteiger partial charge in [0.2, 0.25) is 5.91 Å². The molecular formula is C21H17BrClN3OS. The molecule has 0 N–H and O–H groups in total. The molecule has 2 aromatic carbocycles. The second kappa shape index (κ2) is 7.82. The molecule has 0 saturated carbocycles. The Morgan fingerprint density at radius 2 is 2.07 bits per heavy atom. The Balaban J connectivity index is 1.69. The number of amides is 1. The van der Waals surface area contributed by atoms with Gasteiger partial charge in [0.15, 0.2) is 0 Å². The molecule has 1 fully saturated rings. The number of hydrogen-bond acceptors (Lipinski definition) is 4. The monoisotopic (exact) mass is 473 g/mol. The van der Waals surface area contributed by atoms with Crippen molar-refractivity contribution in [2.75, 3.05) is 17.4 Å². The Morgan fingerprint density at radius 3 is 2.82 bits per heavy atom. The Labute approximate surface area is 181 Å².